The SMILES string of the molecule is Cc1ccc(C)c(Nc2nc(-c3ccccc3)c3[nH]ccc3n2)c1. The van der Waals surface area contributed by atoms with Crippen LogP contribution < -0.4 is 5.32 Å². The maximum absolute atomic E-state index is 4.76. The fourth-order valence-electron chi connectivity index (χ4n) is 2.80. The molecule has 0 saturated heterocycles. The molecule has 0 atom stereocenters. The minimum atomic E-state index is 0.606. The van der Waals surface area contributed by atoms with E-state index in [-0.39, 0.29) is 0 Å². The van der Waals surface area contributed by atoms with Gasteiger partial charge in [0.05, 0.1) is 16.7 Å². The number of aryl methyl sites for hydroxylation is 2. The van der Waals surface area contributed by atoms with Crippen LogP contribution in [0.3, 0.4) is 0 Å². The topological polar surface area (TPSA) is 53.6 Å². The molecule has 118 valence electrons. The Morgan fingerprint density at radius 1 is 0.917 bits per heavy atom. The number of nitrogens with one attached hydrogen (secondary N) is 2. The van der Waals surface area contributed by atoms with E-state index in [4.69, 9.17) is 4.98 Å². The van der Waals surface area contributed by atoms with Gasteiger partial charge < -0.3 is 10.3 Å². The average molecular weight is 314 g/mol. The van der Waals surface area contributed by atoms with E-state index in [9.17, 15) is 0 Å². The van der Waals surface area contributed by atoms with Crippen molar-refractivity contribution in [1.82, 2.24) is 15.0 Å². The summed E-state index contributed by atoms with van der Waals surface area (Å²) in [4.78, 5) is 12.6. The quantitative estimate of drug-likeness (QED) is 0.560. The Labute approximate surface area is 140 Å². The standard InChI is InChI=1S/C20H18N4/c1-13-8-9-14(2)17(12-13)23-20-22-16-10-11-21-19(16)18(24-20)15-6-4-3-5-7-15/h3-12,21H,1-2H3,(H,22,23,24). The highest BCUT2D eigenvalue weighted by Crippen LogP contribution is 2.28. The van der Waals surface area contributed by atoms with Crippen LogP contribution in [0.2, 0.25) is 0 Å². The van der Waals surface area contributed by atoms with Crippen LogP contribution in [0.15, 0.2) is 60.8 Å². The molecule has 0 bridgehead atoms. The molecule has 4 aromatic rings. The second kappa shape index (κ2) is 5.81. The van der Waals surface area contributed by atoms with Gasteiger partial charge in [-0.2, -0.15) is 0 Å². The predicted octanol–water partition coefficient (Wildman–Crippen LogP) is 4.99. The van der Waals surface area contributed by atoms with Crippen LogP contribution in [-0.4, -0.2) is 15.0 Å². The lowest BCUT2D eigenvalue weighted by Crippen LogP contribution is -2.01. The number of H-pyrrole nitrogens is 1. The molecular formula is C20H18N4. The molecule has 4 rings (SSSR count). The Morgan fingerprint density at radius 2 is 1.75 bits per heavy atom. The van der Waals surface area contributed by atoms with Gasteiger partial charge in [0, 0.05) is 17.4 Å². The zero-order valence-electron chi connectivity index (χ0n) is 13.7. The van der Waals surface area contributed by atoms with E-state index in [2.05, 4.69) is 59.5 Å². The molecule has 4 heteroatoms. The van der Waals surface area contributed by atoms with E-state index in [1.165, 1.54) is 11.1 Å². The lowest BCUT2D eigenvalue weighted by molar-refractivity contribution is 1.20. The second-order valence-electron chi connectivity index (χ2n) is 5.94. The van der Waals surface area contributed by atoms with Crippen LogP contribution in [-0.2, 0) is 0 Å². The van der Waals surface area contributed by atoms with Crippen molar-refractivity contribution in [2.75, 3.05) is 5.32 Å². The summed E-state index contributed by atoms with van der Waals surface area (Å²) in [5.74, 6) is 0.606. The van der Waals surface area contributed by atoms with Crippen molar-refractivity contribution in [2.45, 2.75) is 13.8 Å². The van der Waals surface area contributed by atoms with Crippen LogP contribution in [0.1, 0.15) is 11.1 Å². The Bertz CT molecular complexity index is 1000. The summed E-state index contributed by atoms with van der Waals surface area (Å²) in [6.45, 7) is 4.16. The second-order valence-corrected chi connectivity index (χ2v) is 5.94. The molecule has 2 N–H and O–H groups in total. The fourth-order valence-corrected chi connectivity index (χ4v) is 2.80. The Morgan fingerprint density at radius 3 is 2.58 bits per heavy atom. The molecule has 0 aliphatic carbocycles. The number of nitrogens with zero attached hydrogens (tertiary/aromatic N) is 2. The lowest BCUT2D eigenvalue weighted by atomic mass is 10.1. The minimum Gasteiger partial charge on any atom is -0.358 e. The molecular weight excluding hydrogens is 296 g/mol. The van der Waals surface area contributed by atoms with Crippen LogP contribution in [0.25, 0.3) is 22.3 Å². The highest BCUT2D eigenvalue weighted by molar-refractivity contribution is 5.90. The van der Waals surface area contributed by atoms with Gasteiger partial charge in [-0.25, -0.2) is 9.97 Å². The smallest absolute Gasteiger partial charge is 0.228 e. The van der Waals surface area contributed by atoms with Gasteiger partial charge >= 0.3 is 0 Å². The van der Waals surface area contributed by atoms with E-state index < -0.39 is 0 Å². The first-order valence-corrected chi connectivity index (χ1v) is 7.95. The molecule has 2 aromatic carbocycles. The lowest BCUT2D eigenvalue weighted by Gasteiger charge is -2.11. The van der Waals surface area contributed by atoms with Crippen molar-refractivity contribution in [3.05, 3.63) is 71.9 Å². The summed E-state index contributed by atoms with van der Waals surface area (Å²) in [5.41, 5.74) is 7.22. The normalized spacial score (nSPS) is 10.9. The zero-order valence-corrected chi connectivity index (χ0v) is 13.7. The maximum Gasteiger partial charge on any atom is 0.228 e. The van der Waals surface area contributed by atoms with Gasteiger partial charge in [0.2, 0.25) is 5.95 Å². The molecule has 0 spiro atoms. The Balaban J connectivity index is 1.83. The third kappa shape index (κ3) is 2.63. The van der Waals surface area contributed by atoms with E-state index in [0.29, 0.717) is 5.95 Å². The number of rotatable bonds is 3. The monoisotopic (exact) mass is 314 g/mol. The van der Waals surface area contributed by atoms with E-state index in [0.717, 1.165) is 28.0 Å². The minimum absolute atomic E-state index is 0.606. The fraction of sp³-hybridized carbons (Fsp3) is 0.100. The Hall–Kier alpha value is -3.14. The number of anilines is 2. The summed E-state index contributed by atoms with van der Waals surface area (Å²) in [5, 5.41) is 3.37. The van der Waals surface area contributed by atoms with Crippen molar-refractivity contribution in [3.8, 4) is 11.3 Å². The molecule has 2 aromatic heterocycles. The molecule has 0 radical (unpaired) electrons. The van der Waals surface area contributed by atoms with Crippen molar-refractivity contribution < 1.29 is 0 Å². The first-order valence-electron chi connectivity index (χ1n) is 7.95. The average Bonchev–Trinajstić information content (AvgIpc) is 3.07. The summed E-state index contributed by atoms with van der Waals surface area (Å²) in [7, 11) is 0. The number of hydrogen-bond acceptors (Lipinski definition) is 3. The van der Waals surface area contributed by atoms with Crippen molar-refractivity contribution in [2.24, 2.45) is 0 Å². The number of benzene rings is 2. The third-order valence-electron chi connectivity index (χ3n) is 4.09. The summed E-state index contributed by atoms with van der Waals surface area (Å²) in [6.07, 6.45) is 1.90. The molecule has 0 aliphatic heterocycles. The summed E-state index contributed by atoms with van der Waals surface area (Å²) >= 11 is 0. The summed E-state index contributed by atoms with van der Waals surface area (Å²) in [6, 6.07) is 18.4. The van der Waals surface area contributed by atoms with Crippen molar-refractivity contribution in [1.29, 1.82) is 0 Å². The highest BCUT2D eigenvalue weighted by Gasteiger charge is 2.11. The van der Waals surface area contributed by atoms with Gasteiger partial charge in [-0.05, 0) is 37.1 Å². The zero-order chi connectivity index (χ0) is 16.5. The third-order valence-corrected chi connectivity index (χ3v) is 4.09. The van der Waals surface area contributed by atoms with Crippen LogP contribution in [0.4, 0.5) is 11.6 Å². The molecule has 2 heterocycles. The molecule has 0 saturated carbocycles. The molecule has 24 heavy (non-hydrogen) atoms. The molecule has 0 amide bonds. The van der Waals surface area contributed by atoms with Gasteiger partial charge in [-0.3, -0.25) is 0 Å². The number of fused-ring (bicyclic) bond motifs is 1. The van der Waals surface area contributed by atoms with Crippen molar-refractivity contribution in [3.63, 3.8) is 0 Å². The van der Waals surface area contributed by atoms with E-state index in [1.54, 1.807) is 0 Å². The van der Waals surface area contributed by atoms with Gasteiger partial charge in [0.25, 0.3) is 0 Å². The van der Waals surface area contributed by atoms with Gasteiger partial charge in [-0.15, -0.1) is 0 Å². The molecule has 0 aliphatic rings. The van der Waals surface area contributed by atoms with Crippen LogP contribution >= 0.6 is 0 Å². The van der Waals surface area contributed by atoms with Gasteiger partial charge in [0.1, 0.15) is 0 Å². The number of aromatic amines is 1. The van der Waals surface area contributed by atoms with Crippen LogP contribution in [0, 0.1) is 13.8 Å². The highest BCUT2D eigenvalue weighted by atomic mass is 15.1. The Kier molecular flexibility index (Phi) is 3.50. The maximum atomic E-state index is 4.76. The predicted molar refractivity (Wildman–Crippen MR) is 98.5 cm³/mol. The molecule has 0 fully saturated rings. The largest absolute Gasteiger partial charge is 0.358 e. The first kappa shape index (κ1) is 14.5. The number of aromatic nitrogens is 3. The van der Waals surface area contributed by atoms with Crippen LogP contribution in [0.5, 0.6) is 0 Å². The summed E-state index contributed by atoms with van der Waals surface area (Å²) < 4.78 is 0. The molecule has 4 nitrogen and oxygen atoms in total. The van der Waals surface area contributed by atoms with Crippen molar-refractivity contribution >= 4 is 22.7 Å². The first-order chi connectivity index (χ1) is 11.7. The number of hydrogen-bond donors (Lipinski definition) is 2. The van der Waals surface area contributed by atoms with E-state index >= 15 is 0 Å². The van der Waals surface area contributed by atoms with Gasteiger partial charge in [-0.1, -0.05) is 42.5 Å². The molecule has 0 unspecified atom stereocenters. The van der Waals surface area contributed by atoms with Gasteiger partial charge in [0.15, 0.2) is 0 Å². The van der Waals surface area contributed by atoms with E-state index in [1.807, 2.05) is 30.5 Å².